The lowest BCUT2D eigenvalue weighted by Crippen LogP contribution is -2.21. The van der Waals surface area contributed by atoms with E-state index < -0.39 is 0 Å². The number of ether oxygens (including phenoxy) is 1. The summed E-state index contributed by atoms with van der Waals surface area (Å²) >= 11 is 0. The van der Waals surface area contributed by atoms with Crippen molar-refractivity contribution in [1.82, 2.24) is 9.97 Å². The van der Waals surface area contributed by atoms with E-state index in [1.54, 1.807) is 7.11 Å². The first-order valence-corrected chi connectivity index (χ1v) is 7.94. The number of hydrogen-bond donors (Lipinski definition) is 2. The molecule has 0 amide bonds. The zero-order valence-corrected chi connectivity index (χ0v) is 13.7. The zero-order chi connectivity index (χ0) is 15.3. The Kier molecular flexibility index (Phi) is 5.39. The summed E-state index contributed by atoms with van der Waals surface area (Å²) in [4.78, 5) is 9.00. The van der Waals surface area contributed by atoms with Gasteiger partial charge >= 0.3 is 0 Å². The van der Waals surface area contributed by atoms with Gasteiger partial charge in [0.15, 0.2) is 5.82 Å². The van der Waals surface area contributed by atoms with Crippen LogP contribution in [0.25, 0.3) is 0 Å². The Labute approximate surface area is 127 Å². The van der Waals surface area contributed by atoms with Gasteiger partial charge in [0.2, 0.25) is 0 Å². The molecule has 1 aromatic heterocycles. The Morgan fingerprint density at radius 3 is 2.43 bits per heavy atom. The van der Waals surface area contributed by atoms with Gasteiger partial charge in [-0.1, -0.05) is 20.8 Å². The van der Waals surface area contributed by atoms with Crippen molar-refractivity contribution in [3.63, 3.8) is 0 Å². The van der Waals surface area contributed by atoms with Crippen LogP contribution in [-0.2, 0) is 11.3 Å². The number of nitrogens with zero attached hydrogens (tertiary/aromatic N) is 2. The quantitative estimate of drug-likeness (QED) is 0.731. The smallest absolute Gasteiger partial charge is 0.158 e. The van der Waals surface area contributed by atoms with E-state index in [4.69, 9.17) is 4.74 Å². The molecule has 0 aliphatic heterocycles. The molecule has 0 spiro atoms. The minimum absolute atomic E-state index is 0.436. The van der Waals surface area contributed by atoms with Crippen molar-refractivity contribution in [3.05, 3.63) is 11.9 Å². The first-order chi connectivity index (χ1) is 10.1. The van der Waals surface area contributed by atoms with Gasteiger partial charge in [-0.15, -0.1) is 0 Å². The van der Waals surface area contributed by atoms with Crippen LogP contribution in [0, 0.1) is 11.3 Å². The number of hydrogen-bond acceptors (Lipinski definition) is 5. The SMILES string of the molecule is CCCNc1cc(NCC2(C(C)C)CC2)nc(COC)n1. The van der Waals surface area contributed by atoms with Crippen LogP contribution in [0.5, 0.6) is 0 Å². The lowest BCUT2D eigenvalue weighted by Gasteiger charge is -2.20. The van der Waals surface area contributed by atoms with Crippen molar-refractivity contribution >= 4 is 11.6 Å². The van der Waals surface area contributed by atoms with Gasteiger partial charge in [-0.25, -0.2) is 9.97 Å². The van der Waals surface area contributed by atoms with Crippen molar-refractivity contribution in [3.8, 4) is 0 Å². The number of methoxy groups -OCH3 is 1. The molecular formula is C16H28N4O. The van der Waals surface area contributed by atoms with Crippen LogP contribution in [0.1, 0.15) is 45.9 Å². The van der Waals surface area contributed by atoms with Crippen LogP contribution in [0.15, 0.2) is 6.07 Å². The number of aromatic nitrogens is 2. The van der Waals surface area contributed by atoms with Gasteiger partial charge in [-0.05, 0) is 30.6 Å². The van der Waals surface area contributed by atoms with Crippen LogP contribution >= 0.6 is 0 Å². The molecule has 21 heavy (non-hydrogen) atoms. The van der Waals surface area contributed by atoms with Gasteiger partial charge in [0, 0.05) is 26.3 Å². The summed E-state index contributed by atoms with van der Waals surface area (Å²) in [6.45, 7) is 9.09. The molecule has 5 nitrogen and oxygen atoms in total. The zero-order valence-electron chi connectivity index (χ0n) is 13.7. The van der Waals surface area contributed by atoms with E-state index in [9.17, 15) is 0 Å². The first-order valence-electron chi connectivity index (χ1n) is 7.94. The first kappa shape index (κ1) is 16.0. The van der Waals surface area contributed by atoms with Crippen LogP contribution in [-0.4, -0.2) is 30.2 Å². The largest absolute Gasteiger partial charge is 0.377 e. The van der Waals surface area contributed by atoms with Crippen LogP contribution in [0.4, 0.5) is 11.6 Å². The summed E-state index contributed by atoms with van der Waals surface area (Å²) in [6.07, 6.45) is 3.70. The molecule has 1 aliphatic carbocycles. The molecule has 1 saturated carbocycles. The Balaban J connectivity index is 2.04. The highest BCUT2D eigenvalue weighted by molar-refractivity contribution is 5.47. The Morgan fingerprint density at radius 1 is 1.24 bits per heavy atom. The maximum atomic E-state index is 5.16. The van der Waals surface area contributed by atoms with Gasteiger partial charge in [0.1, 0.15) is 18.2 Å². The average Bonchev–Trinajstić information content (AvgIpc) is 3.24. The van der Waals surface area contributed by atoms with E-state index >= 15 is 0 Å². The maximum Gasteiger partial charge on any atom is 0.158 e. The monoisotopic (exact) mass is 292 g/mol. The Hall–Kier alpha value is -1.36. The molecule has 0 radical (unpaired) electrons. The van der Waals surface area contributed by atoms with E-state index in [0.29, 0.717) is 17.9 Å². The molecule has 0 atom stereocenters. The minimum Gasteiger partial charge on any atom is -0.377 e. The second-order valence-electron chi connectivity index (χ2n) is 6.29. The molecule has 5 heteroatoms. The molecule has 2 rings (SSSR count). The molecule has 1 fully saturated rings. The van der Waals surface area contributed by atoms with E-state index in [0.717, 1.165) is 37.0 Å². The molecule has 1 aromatic rings. The van der Waals surface area contributed by atoms with Crippen LogP contribution in [0.2, 0.25) is 0 Å². The topological polar surface area (TPSA) is 59.1 Å². The summed E-state index contributed by atoms with van der Waals surface area (Å²) < 4.78 is 5.16. The van der Waals surface area contributed by atoms with Crippen molar-refractivity contribution in [1.29, 1.82) is 0 Å². The fourth-order valence-corrected chi connectivity index (χ4v) is 2.51. The third kappa shape index (κ3) is 4.30. The van der Waals surface area contributed by atoms with Gasteiger partial charge in [0.25, 0.3) is 0 Å². The molecule has 1 heterocycles. The number of anilines is 2. The Bertz CT molecular complexity index is 458. The van der Waals surface area contributed by atoms with E-state index in [1.807, 2.05) is 6.07 Å². The molecule has 1 aliphatic rings. The second-order valence-corrected chi connectivity index (χ2v) is 6.29. The van der Waals surface area contributed by atoms with E-state index in [-0.39, 0.29) is 0 Å². The fourth-order valence-electron chi connectivity index (χ4n) is 2.51. The third-order valence-corrected chi connectivity index (χ3v) is 4.34. The average molecular weight is 292 g/mol. The predicted molar refractivity (Wildman–Crippen MR) is 86.5 cm³/mol. The molecule has 2 N–H and O–H groups in total. The highest BCUT2D eigenvalue weighted by Gasteiger charge is 2.44. The molecule has 118 valence electrons. The van der Waals surface area contributed by atoms with E-state index in [2.05, 4.69) is 41.4 Å². The van der Waals surface area contributed by atoms with Gasteiger partial charge in [-0.2, -0.15) is 0 Å². The standard InChI is InChI=1S/C16H28N4O/c1-5-8-17-13-9-14(20-15(19-13)10-21-4)18-11-16(6-7-16)12(2)3/h9,12H,5-8,10-11H2,1-4H3,(H2,17,18,19,20). The van der Waals surface area contributed by atoms with E-state index in [1.165, 1.54) is 12.8 Å². The van der Waals surface area contributed by atoms with Gasteiger partial charge < -0.3 is 15.4 Å². The summed E-state index contributed by atoms with van der Waals surface area (Å²) in [5, 5.41) is 6.82. The van der Waals surface area contributed by atoms with Gasteiger partial charge in [-0.3, -0.25) is 0 Å². The summed E-state index contributed by atoms with van der Waals surface area (Å²) in [5.74, 6) is 3.19. The fraction of sp³-hybridized carbons (Fsp3) is 0.750. The number of nitrogens with one attached hydrogen (secondary N) is 2. The lowest BCUT2D eigenvalue weighted by molar-refractivity contribution is 0.178. The van der Waals surface area contributed by atoms with Crippen LogP contribution < -0.4 is 10.6 Å². The summed E-state index contributed by atoms with van der Waals surface area (Å²) in [7, 11) is 1.67. The minimum atomic E-state index is 0.436. The normalized spacial score (nSPS) is 16.0. The predicted octanol–water partition coefficient (Wildman–Crippen LogP) is 3.29. The highest BCUT2D eigenvalue weighted by atomic mass is 16.5. The molecule has 0 aromatic carbocycles. The van der Waals surface area contributed by atoms with Crippen molar-refractivity contribution in [2.24, 2.45) is 11.3 Å². The molecule has 0 bridgehead atoms. The highest BCUT2D eigenvalue weighted by Crippen LogP contribution is 2.51. The summed E-state index contributed by atoms with van der Waals surface area (Å²) in [5.41, 5.74) is 0.462. The number of rotatable bonds is 9. The summed E-state index contributed by atoms with van der Waals surface area (Å²) in [6, 6.07) is 1.99. The Morgan fingerprint density at radius 2 is 1.90 bits per heavy atom. The van der Waals surface area contributed by atoms with Crippen molar-refractivity contribution in [2.75, 3.05) is 30.8 Å². The second kappa shape index (κ2) is 7.07. The lowest BCUT2D eigenvalue weighted by atomic mass is 9.92. The van der Waals surface area contributed by atoms with Crippen molar-refractivity contribution < 1.29 is 4.74 Å². The molecule has 0 unspecified atom stereocenters. The molecule has 0 saturated heterocycles. The maximum absolute atomic E-state index is 5.16. The third-order valence-electron chi connectivity index (χ3n) is 4.34. The van der Waals surface area contributed by atoms with Crippen molar-refractivity contribution in [2.45, 2.75) is 46.6 Å². The van der Waals surface area contributed by atoms with Gasteiger partial charge in [0.05, 0.1) is 0 Å². The molecular weight excluding hydrogens is 264 g/mol. The van der Waals surface area contributed by atoms with Crippen LogP contribution in [0.3, 0.4) is 0 Å².